The van der Waals surface area contributed by atoms with Crippen LogP contribution >= 0.6 is 11.8 Å². The number of unbranched alkanes of at least 4 members (excludes halogenated alkanes) is 3. The molecule has 35 heavy (non-hydrogen) atoms. The van der Waals surface area contributed by atoms with Crippen molar-refractivity contribution in [2.45, 2.75) is 57.7 Å². The molecule has 0 aliphatic heterocycles. The zero-order valence-corrected chi connectivity index (χ0v) is 21.5. The Morgan fingerprint density at radius 2 is 1.77 bits per heavy atom. The van der Waals surface area contributed by atoms with Gasteiger partial charge in [0.25, 0.3) is 5.56 Å². The van der Waals surface area contributed by atoms with Gasteiger partial charge in [-0.1, -0.05) is 68.3 Å². The van der Waals surface area contributed by atoms with Gasteiger partial charge in [-0.05, 0) is 37.6 Å². The Labute approximate surface area is 210 Å². The number of nitrogens with one attached hydrogen (secondary N) is 1. The van der Waals surface area contributed by atoms with E-state index in [1.807, 2.05) is 62.5 Å². The van der Waals surface area contributed by atoms with Gasteiger partial charge in [-0.25, -0.2) is 9.67 Å². The molecule has 2 aromatic heterocycles. The first kappa shape index (κ1) is 24.9. The van der Waals surface area contributed by atoms with Crippen molar-refractivity contribution in [3.05, 3.63) is 70.6 Å². The van der Waals surface area contributed by atoms with Crippen LogP contribution < -0.4 is 10.9 Å². The predicted molar refractivity (Wildman–Crippen MR) is 144 cm³/mol. The zero-order valence-electron chi connectivity index (χ0n) is 20.7. The summed E-state index contributed by atoms with van der Waals surface area (Å²) in [6.07, 6.45) is 5.05. The molecule has 2 heterocycles. The van der Waals surface area contributed by atoms with Gasteiger partial charge in [0.05, 0.1) is 22.4 Å². The number of hydrogen-bond donors (Lipinski definition) is 1. The smallest absolute Gasteiger partial charge is 0.295 e. The maximum Gasteiger partial charge on any atom is 0.295 e. The number of carbonyl (C=O) groups excluding carboxylic acids is 1. The number of nitrogens with zero attached hydrogens (tertiary/aromatic N) is 4. The summed E-state index contributed by atoms with van der Waals surface area (Å²) in [6, 6.07) is 17.6. The van der Waals surface area contributed by atoms with Crippen molar-refractivity contribution in [3.63, 3.8) is 0 Å². The lowest BCUT2D eigenvalue weighted by Crippen LogP contribution is -2.23. The van der Waals surface area contributed by atoms with Gasteiger partial charge in [-0.2, -0.15) is 0 Å². The second kappa shape index (κ2) is 11.4. The number of anilines is 1. The summed E-state index contributed by atoms with van der Waals surface area (Å²) in [4.78, 5) is 30.6. The maximum absolute atomic E-state index is 13.0. The topological polar surface area (TPSA) is 73.8 Å². The fourth-order valence-corrected chi connectivity index (χ4v) is 5.20. The molecule has 7 nitrogen and oxygen atoms in total. The van der Waals surface area contributed by atoms with E-state index in [-0.39, 0.29) is 11.5 Å². The molecule has 0 spiro atoms. The Balaban J connectivity index is 1.42. The Bertz CT molecular complexity index is 1350. The molecule has 0 aliphatic carbocycles. The number of carbonyl (C=O) groups is 1. The molecule has 0 radical (unpaired) electrons. The summed E-state index contributed by atoms with van der Waals surface area (Å²) in [7, 11) is 1.82. The number of hydrogen-bond acceptors (Lipinski definition) is 4. The number of aromatic nitrogens is 4. The number of thioether (sulfide) groups is 1. The van der Waals surface area contributed by atoms with Crippen LogP contribution in [0.1, 0.15) is 44.7 Å². The number of para-hydroxylation sites is 3. The molecule has 4 aromatic rings. The summed E-state index contributed by atoms with van der Waals surface area (Å²) >= 11 is 1.59. The Hall–Kier alpha value is -3.26. The second-order valence-electron chi connectivity index (χ2n) is 8.68. The average molecular weight is 492 g/mol. The van der Waals surface area contributed by atoms with Gasteiger partial charge < -0.3 is 9.88 Å². The first-order valence-corrected chi connectivity index (χ1v) is 13.2. The van der Waals surface area contributed by atoms with E-state index in [0.717, 1.165) is 34.8 Å². The van der Waals surface area contributed by atoms with Gasteiger partial charge in [0.15, 0.2) is 5.16 Å². The minimum Gasteiger partial charge on any atom is -0.320 e. The highest BCUT2D eigenvalue weighted by molar-refractivity contribution is 7.99. The zero-order chi connectivity index (χ0) is 24.8. The SMILES string of the molecule is CCCCCCn1c(SCCC(=O)Nc2c(C)n(C)n(-c3ccccc3)c2=O)nc2ccccc21. The number of aryl methyl sites for hydroxylation is 1. The van der Waals surface area contributed by atoms with E-state index in [9.17, 15) is 9.59 Å². The predicted octanol–water partition coefficient (Wildman–Crippen LogP) is 5.54. The first-order chi connectivity index (χ1) is 17.0. The highest BCUT2D eigenvalue weighted by Gasteiger charge is 2.18. The van der Waals surface area contributed by atoms with Crippen molar-refractivity contribution in [1.82, 2.24) is 18.9 Å². The Morgan fingerprint density at radius 1 is 1.03 bits per heavy atom. The summed E-state index contributed by atoms with van der Waals surface area (Å²) in [5, 5.41) is 3.79. The van der Waals surface area contributed by atoms with Crippen molar-refractivity contribution >= 4 is 34.4 Å². The van der Waals surface area contributed by atoms with Gasteiger partial charge >= 0.3 is 0 Å². The number of amides is 1. The summed E-state index contributed by atoms with van der Waals surface area (Å²) in [5.41, 5.74) is 3.69. The third-order valence-corrected chi connectivity index (χ3v) is 7.21. The molecular weight excluding hydrogens is 458 g/mol. The van der Waals surface area contributed by atoms with Crippen molar-refractivity contribution in [2.75, 3.05) is 11.1 Å². The van der Waals surface area contributed by atoms with Crippen LogP contribution in [0.2, 0.25) is 0 Å². The highest BCUT2D eigenvalue weighted by atomic mass is 32.2. The molecule has 184 valence electrons. The summed E-state index contributed by atoms with van der Waals surface area (Å²) < 4.78 is 5.61. The van der Waals surface area contributed by atoms with Crippen LogP contribution in [0.5, 0.6) is 0 Å². The van der Waals surface area contributed by atoms with Gasteiger partial charge in [-0.3, -0.25) is 14.3 Å². The molecule has 4 rings (SSSR count). The fraction of sp³-hybridized carbons (Fsp3) is 0.370. The van der Waals surface area contributed by atoms with E-state index in [1.54, 1.807) is 21.1 Å². The molecule has 0 saturated heterocycles. The first-order valence-electron chi connectivity index (χ1n) is 12.2. The quantitative estimate of drug-likeness (QED) is 0.221. The molecule has 8 heteroatoms. The fourth-order valence-electron chi connectivity index (χ4n) is 4.23. The number of fused-ring (bicyclic) bond motifs is 1. The molecule has 1 N–H and O–H groups in total. The molecule has 0 bridgehead atoms. The van der Waals surface area contributed by atoms with Crippen molar-refractivity contribution < 1.29 is 4.79 Å². The van der Waals surface area contributed by atoms with Gasteiger partial charge in [0, 0.05) is 25.8 Å². The van der Waals surface area contributed by atoms with E-state index in [1.165, 1.54) is 19.3 Å². The van der Waals surface area contributed by atoms with Crippen LogP contribution in [-0.4, -0.2) is 30.6 Å². The number of imidazole rings is 1. The average Bonchev–Trinajstić information content (AvgIpc) is 3.32. The van der Waals surface area contributed by atoms with E-state index in [0.29, 0.717) is 23.6 Å². The minimum absolute atomic E-state index is 0.172. The molecular formula is C27H33N5O2S. The second-order valence-corrected chi connectivity index (χ2v) is 9.74. The molecule has 2 aromatic carbocycles. The van der Waals surface area contributed by atoms with Crippen LogP contribution in [-0.2, 0) is 18.4 Å². The highest BCUT2D eigenvalue weighted by Crippen LogP contribution is 2.25. The monoisotopic (exact) mass is 491 g/mol. The molecule has 0 fully saturated rings. The summed E-state index contributed by atoms with van der Waals surface area (Å²) in [5.74, 6) is 0.414. The van der Waals surface area contributed by atoms with E-state index >= 15 is 0 Å². The van der Waals surface area contributed by atoms with E-state index in [4.69, 9.17) is 4.98 Å². The Kier molecular flexibility index (Phi) is 8.13. The number of benzene rings is 2. The lowest BCUT2D eigenvalue weighted by molar-refractivity contribution is -0.115. The molecule has 0 saturated carbocycles. The van der Waals surface area contributed by atoms with Crippen LogP contribution in [0.15, 0.2) is 64.5 Å². The van der Waals surface area contributed by atoms with Gasteiger partial charge in [-0.15, -0.1) is 0 Å². The van der Waals surface area contributed by atoms with Crippen molar-refractivity contribution in [1.29, 1.82) is 0 Å². The molecule has 1 amide bonds. The number of rotatable bonds is 11. The lowest BCUT2D eigenvalue weighted by atomic mass is 10.2. The largest absolute Gasteiger partial charge is 0.320 e. The third kappa shape index (κ3) is 5.53. The molecule has 0 unspecified atom stereocenters. The third-order valence-electron chi connectivity index (χ3n) is 6.23. The maximum atomic E-state index is 13.0. The Morgan fingerprint density at radius 3 is 2.54 bits per heavy atom. The molecule has 0 aliphatic rings. The van der Waals surface area contributed by atoms with E-state index < -0.39 is 0 Å². The van der Waals surface area contributed by atoms with Crippen LogP contribution in [0.4, 0.5) is 5.69 Å². The standard InChI is InChI=1S/C27H33N5O2S/c1-4-5-6-12-18-31-23-16-11-10-15-22(23)28-27(31)35-19-17-24(33)29-25-20(2)30(3)32(26(25)34)21-13-8-7-9-14-21/h7-11,13-16H,4-6,12,17-19H2,1-3H3,(H,29,33). The summed E-state index contributed by atoms with van der Waals surface area (Å²) in [6.45, 7) is 4.98. The van der Waals surface area contributed by atoms with Crippen molar-refractivity contribution in [2.24, 2.45) is 7.05 Å². The normalized spacial score (nSPS) is 11.3. The van der Waals surface area contributed by atoms with Crippen LogP contribution in [0.3, 0.4) is 0 Å². The lowest BCUT2D eigenvalue weighted by Gasteiger charge is -2.09. The van der Waals surface area contributed by atoms with Crippen molar-refractivity contribution in [3.8, 4) is 5.69 Å². The minimum atomic E-state index is -0.230. The van der Waals surface area contributed by atoms with Gasteiger partial charge in [0.1, 0.15) is 5.69 Å². The van der Waals surface area contributed by atoms with E-state index in [2.05, 4.69) is 22.9 Å². The van der Waals surface area contributed by atoms with Crippen LogP contribution in [0, 0.1) is 6.92 Å². The molecule has 0 atom stereocenters. The van der Waals surface area contributed by atoms with Crippen LogP contribution in [0.25, 0.3) is 16.7 Å². The van der Waals surface area contributed by atoms with Gasteiger partial charge in [0.2, 0.25) is 5.91 Å².